The van der Waals surface area contributed by atoms with Gasteiger partial charge < -0.3 is 15.5 Å². The fourth-order valence-electron chi connectivity index (χ4n) is 3.01. The standard InChI is InChI=1S/C20H35N5O4S/c1-7-24(8-2)18-12-11-16(30(28,29)25(9-3)10-4)13-17(18)21-14-19(26)23-20(27)22-15(5)6/h11-13,15,21H,7-10,14H2,1-6H3,(H2,22,23,26,27). The van der Waals surface area contributed by atoms with E-state index in [1.807, 2.05) is 13.8 Å². The maximum atomic E-state index is 12.9. The van der Waals surface area contributed by atoms with E-state index < -0.39 is 22.0 Å². The molecule has 0 aliphatic rings. The summed E-state index contributed by atoms with van der Waals surface area (Å²) in [6.45, 7) is 13.2. The molecule has 0 saturated carbocycles. The van der Waals surface area contributed by atoms with E-state index in [-0.39, 0.29) is 17.5 Å². The lowest BCUT2D eigenvalue weighted by Crippen LogP contribution is -2.44. The molecule has 0 heterocycles. The highest BCUT2D eigenvalue weighted by atomic mass is 32.2. The highest BCUT2D eigenvalue weighted by Crippen LogP contribution is 2.30. The number of urea groups is 1. The van der Waals surface area contributed by atoms with Crippen molar-refractivity contribution in [2.24, 2.45) is 0 Å². The van der Waals surface area contributed by atoms with Crippen LogP contribution in [0.2, 0.25) is 0 Å². The minimum atomic E-state index is -3.64. The topological polar surface area (TPSA) is 111 Å². The minimum absolute atomic E-state index is 0.0954. The SMILES string of the molecule is CCN(CC)c1ccc(S(=O)(=O)N(CC)CC)cc1NCC(=O)NC(=O)NC(C)C. The van der Waals surface area contributed by atoms with Gasteiger partial charge in [-0.1, -0.05) is 13.8 Å². The Labute approximate surface area is 180 Å². The third kappa shape index (κ3) is 6.88. The molecular weight excluding hydrogens is 406 g/mol. The number of anilines is 2. The molecule has 0 fully saturated rings. The van der Waals surface area contributed by atoms with Gasteiger partial charge in [-0.25, -0.2) is 13.2 Å². The smallest absolute Gasteiger partial charge is 0.321 e. The lowest BCUT2D eigenvalue weighted by molar-refractivity contribution is -0.118. The molecule has 0 bridgehead atoms. The number of benzene rings is 1. The summed E-state index contributed by atoms with van der Waals surface area (Å²) in [4.78, 5) is 26.1. The van der Waals surface area contributed by atoms with E-state index >= 15 is 0 Å². The van der Waals surface area contributed by atoms with Gasteiger partial charge in [-0.2, -0.15) is 4.31 Å². The van der Waals surface area contributed by atoms with Gasteiger partial charge in [-0.15, -0.1) is 0 Å². The number of sulfonamides is 1. The Morgan fingerprint density at radius 2 is 1.60 bits per heavy atom. The second kappa shape index (κ2) is 11.8. The van der Waals surface area contributed by atoms with Gasteiger partial charge >= 0.3 is 6.03 Å². The Kier molecular flexibility index (Phi) is 10.1. The van der Waals surface area contributed by atoms with Crippen molar-refractivity contribution in [3.05, 3.63) is 18.2 Å². The van der Waals surface area contributed by atoms with Crippen LogP contribution >= 0.6 is 0 Å². The van der Waals surface area contributed by atoms with Crippen LogP contribution in [-0.4, -0.2) is 63.4 Å². The van der Waals surface area contributed by atoms with E-state index in [4.69, 9.17) is 0 Å². The molecule has 0 aromatic heterocycles. The monoisotopic (exact) mass is 441 g/mol. The molecule has 1 aromatic rings. The number of carbonyl (C=O) groups excluding carboxylic acids is 2. The molecule has 0 radical (unpaired) electrons. The van der Waals surface area contributed by atoms with E-state index in [0.29, 0.717) is 18.8 Å². The minimum Gasteiger partial charge on any atom is -0.374 e. The summed E-state index contributed by atoms with van der Waals surface area (Å²) >= 11 is 0. The average molecular weight is 442 g/mol. The number of hydrogen-bond acceptors (Lipinski definition) is 6. The molecule has 1 aromatic carbocycles. The number of nitrogens with one attached hydrogen (secondary N) is 3. The number of nitrogens with zero attached hydrogens (tertiary/aromatic N) is 2. The molecule has 170 valence electrons. The molecule has 0 aliphatic heterocycles. The first-order chi connectivity index (χ1) is 14.1. The first kappa shape index (κ1) is 25.7. The quantitative estimate of drug-likeness (QED) is 0.486. The maximum absolute atomic E-state index is 12.9. The van der Waals surface area contributed by atoms with Crippen molar-refractivity contribution in [1.82, 2.24) is 14.9 Å². The van der Waals surface area contributed by atoms with E-state index in [9.17, 15) is 18.0 Å². The van der Waals surface area contributed by atoms with E-state index in [1.165, 1.54) is 4.31 Å². The molecule has 0 aliphatic carbocycles. The van der Waals surface area contributed by atoms with Crippen LogP contribution in [0.25, 0.3) is 0 Å². The van der Waals surface area contributed by atoms with Crippen molar-refractivity contribution < 1.29 is 18.0 Å². The zero-order valence-electron chi connectivity index (χ0n) is 18.8. The van der Waals surface area contributed by atoms with Crippen LogP contribution in [0.15, 0.2) is 23.1 Å². The Morgan fingerprint density at radius 1 is 1.00 bits per heavy atom. The van der Waals surface area contributed by atoms with E-state index in [2.05, 4.69) is 20.9 Å². The van der Waals surface area contributed by atoms with Gasteiger partial charge in [-0.3, -0.25) is 10.1 Å². The summed E-state index contributed by atoms with van der Waals surface area (Å²) in [7, 11) is -3.64. The summed E-state index contributed by atoms with van der Waals surface area (Å²) in [5.74, 6) is -0.518. The largest absolute Gasteiger partial charge is 0.374 e. The predicted molar refractivity (Wildman–Crippen MR) is 120 cm³/mol. The summed E-state index contributed by atoms with van der Waals surface area (Å²) < 4.78 is 27.2. The third-order valence-electron chi connectivity index (χ3n) is 4.53. The van der Waals surface area contributed by atoms with Crippen molar-refractivity contribution in [3.8, 4) is 0 Å². The van der Waals surface area contributed by atoms with E-state index in [0.717, 1.165) is 18.8 Å². The van der Waals surface area contributed by atoms with Crippen LogP contribution in [0.3, 0.4) is 0 Å². The highest BCUT2D eigenvalue weighted by Gasteiger charge is 2.23. The van der Waals surface area contributed by atoms with Crippen molar-refractivity contribution >= 4 is 33.3 Å². The van der Waals surface area contributed by atoms with Crippen molar-refractivity contribution in [2.45, 2.75) is 52.5 Å². The van der Waals surface area contributed by atoms with Crippen LogP contribution in [0.5, 0.6) is 0 Å². The third-order valence-corrected chi connectivity index (χ3v) is 6.57. The number of hydrogen-bond donors (Lipinski definition) is 3. The van der Waals surface area contributed by atoms with Gasteiger partial charge in [0.25, 0.3) is 0 Å². The number of rotatable bonds is 11. The zero-order valence-corrected chi connectivity index (χ0v) is 19.6. The molecule has 3 amide bonds. The summed E-state index contributed by atoms with van der Waals surface area (Å²) in [6.07, 6.45) is 0. The van der Waals surface area contributed by atoms with Crippen LogP contribution < -0.4 is 20.9 Å². The number of amides is 3. The molecule has 0 atom stereocenters. The van der Waals surface area contributed by atoms with Gasteiger partial charge in [0, 0.05) is 32.2 Å². The fourth-order valence-corrected chi connectivity index (χ4v) is 4.50. The number of imide groups is 1. The molecule has 0 unspecified atom stereocenters. The Morgan fingerprint density at radius 3 is 2.10 bits per heavy atom. The van der Waals surface area contributed by atoms with Crippen molar-refractivity contribution in [2.75, 3.05) is 42.9 Å². The molecule has 0 saturated heterocycles. The van der Waals surface area contributed by atoms with Gasteiger partial charge in [0.1, 0.15) is 0 Å². The molecule has 9 nitrogen and oxygen atoms in total. The van der Waals surface area contributed by atoms with Crippen molar-refractivity contribution in [3.63, 3.8) is 0 Å². The summed E-state index contributed by atoms with van der Waals surface area (Å²) in [6, 6.07) is 4.21. The van der Waals surface area contributed by atoms with E-state index in [1.54, 1.807) is 45.9 Å². The summed E-state index contributed by atoms with van der Waals surface area (Å²) in [5.41, 5.74) is 1.31. The molecule has 0 spiro atoms. The molecule has 3 N–H and O–H groups in total. The lowest BCUT2D eigenvalue weighted by Gasteiger charge is -2.26. The highest BCUT2D eigenvalue weighted by molar-refractivity contribution is 7.89. The second-order valence-corrected chi connectivity index (χ2v) is 8.91. The summed E-state index contributed by atoms with van der Waals surface area (Å²) in [5, 5.41) is 7.82. The first-order valence-electron chi connectivity index (χ1n) is 10.3. The zero-order chi connectivity index (χ0) is 22.9. The Bertz CT molecular complexity index is 818. The lowest BCUT2D eigenvalue weighted by atomic mass is 10.2. The van der Waals surface area contributed by atoms with Crippen LogP contribution in [0, 0.1) is 0 Å². The Balaban J connectivity index is 3.16. The Hall–Kier alpha value is -2.33. The average Bonchev–Trinajstić information content (AvgIpc) is 2.67. The normalized spacial score (nSPS) is 11.5. The molecule has 10 heteroatoms. The van der Waals surface area contributed by atoms with Gasteiger partial charge in [0.05, 0.1) is 22.8 Å². The fraction of sp³-hybridized carbons (Fsp3) is 0.600. The van der Waals surface area contributed by atoms with Crippen molar-refractivity contribution in [1.29, 1.82) is 0 Å². The first-order valence-corrected chi connectivity index (χ1v) is 11.8. The molecular formula is C20H35N5O4S. The second-order valence-electron chi connectivity index (χ2n) is 6.97. The van der Waals surface area contributed by atoms with Crippen LogP contribution in [0.1, 0.15) is 41.5 Å². The predicted octanol–water partition coefficient (Wildman–Crippen LogP) is 2.21. The maximum Gasteiger partial charge on any atom is 0.321 e. The van der Waals surface area contributed by atoms with Crippen LogP contribution in [0.4, 0.5) is 16.2 Å². The molecule has 1 rings (SSSR count). The van der Waals surface area contributed by atoms with Gasteiger partial charge in [0.15, 0.2) is 0 Å². The van der Waals surface area contributed by atoms with Gasteiger partial charge in [0.2, 0.25) is 15.9 Å². The van der Waals surface area contributed by atoms with Crippen LogP contribution in [-0.2, 0) is 14.8 Å². The number of carbonyl (C=O) groups is 2. The van der Waals surface area contributed by atoms with Gasteiger partial charge in [-0.05, 0) is 45.9 Å². The molecule has 30 heavy (non-hydrogen) atoms.